The second-order valence-electron chi connectivity index (χ2n) is 5.10. The summed E-state index contributed by atoms with van der Waals surface area (Å²) in [5.74, 6) is 0. The van der Waals surface area contributed by atoms with Crippen LogP contribution < -0.4 is 5.73 Å². The molecule has 0 atom stereocenters. The molecule has 0 unspecified atom stereocenters. The molecule has 0 radical (unpaired) electrons. The molecule has 1 aromatic rings. The zero-order valence-corrected chi connectivity index (χ0v) is 12.8. The predicted octanol–water partition coefficient (Wildman–Crippen LogP) is 2.11. The minimum atomic E-state index is 0.393. The molecule has 104 valence electrons. The van der Waals surface area contributed by atoms with Gasteiger partial charge in [-0.25, -0.2) is 0 Å². The van der Waals surface area contributed by atoms with E-state index in [0.717, 1.165) is 42.3 Å². The van der Waals surface area contributed by atoms with Crippen LogP contribution in [0.5, 0.6) is 0 Å². The summed E-state index contributed by atoms with van der Waals surface area (Å²) in [6.07, 6.45) is 1.21. The van der Waals surface area contributed by atoms with Gasteiger partial charge in [0.05, 0.1) is 0 Å². The van der Waals surface area contributed by atoms with Crippen molar-refractivity contribution in [3.63, 3.8) is 0 Å². The van der Waals surface area contributed by atoms with E-state index in [9.17, 15) is 0 Å². The Morgan fingerprint density at radius 1 is 1.32 bits per heavy atom. The number of nitrogens with two attached hydrogens (primary N) is 1. The van der Waals surface area contributed by atoms with Gasteiger partial charge in [-0.1, -0.05) is 36.0 Å². The third-order valence-corrected chi connectivity index (χ3v) is 4.13. The van der Waals surface area contributed by atoms with E-state index in [1.165, 1.54) is 13.0 Å². The van der Waals surface area contributed by atoms with Gasteiger partial charge in [0, 0.05) is 30.2 Å². The zero-order chi connectivity index (χ0) is 13.8. The van der Waals surface area contributed by atoms with Crippen molar-refractivity contribution in [2.24, 2.45) is 5.73 Å². The lowest BCUT2D eigenvalue weighted by Gasteiger charge is -2.21. The van der Waals surface area contributed by atoms with E-state index in [1.54, 1.807) is 0 Å². The molecular formula is C14H20ClN3S. The zero-order valence-electron chi connectivity index (χ0n) is 11.2. The third-order valence-electron chi connectivity index (χ3n) is 3.54. The molecule has 2 rings (SSSR count). The van der Waals surface area contributed by atoms with Crippen LogP contribution in [0.3, 0.4) is 0 Å². The highest BCUT2D eigenvalue weighted by Gasteiger charge is 2.13. The molecule has 3 nitrogen and oxygen atoms in total. The van der Waals surface area contributed by atoms with Crippen LogP contribution in [0.2, 0.25) is 5.02 Å². The maximum atomic E-state index is 6.31. The van der Waals surface area contributed by atoms with Crippen molar-refractivity contribution in [1.29, 1.82) is 0 Å². The smallest absolute Gasteiger partial charge is 0.104 e. The first-order chi connectivity index (χ1) is 9.06. The highest BCUT2D eigenvalue weighted by Crippen LogP contribution is 2.20. The van der Waals surface area contributed by atoms with Gasteiger partial charge >= 0.3 is 0 Å². The van der Waals surface area contributed by atoms with Gasteiger partial charge < -0.3 is 10.6 Å². The molecule has 0 aromatic heterocycles. The van der Waals surface area contributed by atoms with Crippen LogP contribution in [-0.2, 0) is 6.54 Å². The molecule has 1 saturated heterocycles. The number of hydrogen-bond acceptors (Lipinski definition) is 3. The lowest BCUT2D eigenvalue weighted by atomic mass is 10.1. The lowest BCUT2D eigenvalue weighted by Crippen LogP contribution is -2.28. The average Bonchev–Trinajstić information content (AvgIpc) is 2.57. The van der Waals surface area contributed by atoms with Gasteiger partial charge in [0.15, 0.2) is 0 Å². The van der Waals surface area contributed by atoms with E-state index >= 15 is 0 Å². The average molecular weight is 298 g/mol. The highest BCUT2D eigenvalue weighted by atomic mass is 35.5. The van der Waals surface area contributed by atoms with Crippen LogP contribution in [0.25, 0.3) is 0 Å². The number of thiocarbonyl (C=S) groups is 1. The lowest BCUT2D eigenvalue weighted by molar-refractivity contribution is 0.269. The van der Waals surface area contributed by atoms with Crippen molar-refractivity contribution in [3.8, 4) is 0 Å². The predicted molar refractivity (Wildman–Crippen MR) is 84.7 cm³/mol. The first kappa shape index (κ1) is 14.7. The fraction of sp³-hybridized carbons (Fsp3) is 0.500. The van der Waals surface area contributed by atoms with Crippen LogP contribution >= 0.6 is 23.8 Å². The van der Waals surface area contributed by atoms with Crippen LogP contribution in [0.15, 0.2) is 18.2 Å². The van der Waals surface area contributed by atoms with Crippen LogP contribution in [-0.4, -0.2) is 48.0 Å². The van der Waals surface area contributed by atoms with Gasteiger partial charge in [0.2, 0.25) is 0 Å². The molecule has 2 N–H and O–H groups in total. The number of halogens is 1. The molecule has 5 heteroatoms. The number of hydrogen-bond donors (Lipinski definition) is 1. The number of nitrogens with zero attached hydrogens (tertiary/aromatic N) is 2. The minimum Gasteiger partial charge on any atom is -0.389 e. The Labute approximate surface area is 125 Å². The Kier molecular flexibility index (Phi) is 5.16. The van der Waals surface area contributed by atoms with Crippen molar-refractivity contribution in [1.82, 2.24) is 9.80 Å². The molecule has 19 heavy (non-hydrogen) atoms. The van der Waals surface area contributed by atoms with E-state index in [1.807, 2.05) is 18.2 Å². The van der Waals surface area contributed by atoms with Gasteiger partial charge in [-0.05, 0) is 38.2 Å². The number of likely N-dealkylation sites (N-methyl/N-ethyl adjacent to an activating group) is 1. The van der Waals surface area contributed by atoms with Gasteiger partial charge in [-0.2, -0.15) is 0 Å². The Hall–Kier alpha value is -0.680. The first-order valence-corrected chi connectivity index (χ1v) is 7.34. The summed E-state index contributed by atoms with van der Waals surface area (Å²) in [5, 5.41) is 0.753. The van der Waals surface area contributed by atoms with Crippen LogP contribution in [0.1, 0.15) is 17.5 Å². The molecule has 0 amide bonds. The maximum absolute atomic E-state index is 6.31. The van der Waals surface area contributed by atoms with Gasteiger partial charge in [0.25, 0.3) is 0 Å². The quantitative estimate of drug-likeness (QED) is 0.866. The molecular weight excluding hydrogens is 278 g/mol. The second-order valence-corrected chi connectivity index (χ2v) is 5.95. The SMILES string of the molecule is CN1CCCN(Cc2ccc(C(N)=S)cc2Cl)CC1. The van der Waals surface area contributed by atoms with Crippen molar-refractivity contribution >= 4 is 28.8 Å². The topological polar surface area (TPSA) is 32.5 Å². The van der Waals surface area contributed by atoms with E-state index < -0.39 is 0 Å². The summed E-state index contributed by atoms with van der Waals surface area (Å²) in [6.45, 7) is 5.39. The second kappa shape index (κ2) is 6.66. The van der Waals surface area contributed by atoms with Gasteiger partial charge in [-0.3, -0.25) is 4.90 Å². The number of rotatable bonds is 3. The standard InChI is InChI=1S/C14H20ClN3S/c1-17-5-2-6-18(8-7-17)10-12-4-3-11(14(16)19)9-13(12)15/h3-4,9H,2,5-8,10H2,1H3,(H2,16,19). The van der Waals surface area contributed by atoms with Crippen molar-refractivity contribution in [3.05, 3.63) is 34.3 Å². The fourth-order valence-electron chi connectivity index (χ4n) is 2.33. The summed E-state index contributed by atoms with van der Waals surface area (Å²) in [6, 6.07) is 5.85. The summed E-state index contributed by atoms with van der Waals surface area (Å²) >= 11 is 11.3. The number of benzene rings is 1. The van der Waals surface area contributed by atoms with E-state index in [-0.39, 0.29) is 0 Å². The molecule has 0 saturated carbocycles. The molecule has 0 bridgehead atoms. The Morgan fingerprint density at radius 3 is 2.79 bits per heavy atom. The van der Waals surface area contributed by atoms with E-state index in [0.29, 0.717) is 4.99 Å². The van der Waals surface area contributed by atoms with Gasteiger partial charge in [-0.15, -0.1) is 0 Å². The van der Waals surface area contributed by atoms with Crippen LogP contribution in [0.4, 0.5) is 0 Å². The summed E-state index contributed by atoms with van der Waals surface area (Å²) in [7, 11) is 2.17. The summed E-state index contributed by atoms with van der Waals surface area (Å²) in [5.41, 5.74) is 7.59. The van der Waals surface area contributed by atoms with Gasteiger partial charge in [0.1, 0.15) is 4.99 Å². The van der Waals surface area contributed by atoms with Crippen LogP contribution in [0, 0.1) is 0 Å². The Morgan fingerprint density at radius 2 is 2.11 bits per heavy atom. The largest absolute Gasteiger partial charge is 0.389 e. The Balaban J connectivity index is 2.04. The summed E-state index contributed by atoms with van der Waals surface area (Å²) < 4.78 is 0. The van der Waals surface area contributed by atoms with E-state index in [4.69, 9.17) is 29.6 Å². The normalized spacial score (nSPS) is 18.2. The van der Waals surface area contributed by atoms with Crippen molar-refractivity contribution < 1.29 is 0 Å². The monoisotopic (exact) mass is 297 g/mol. The minimum absolute atomic E-state index is 0.393. The summed E-state index contributed by atoms with van der Waals surface area (Å²) in [4.78, 5) is 5.22. The van der Waals surface area contributed by atoms with E-state index in [2.05, 4.69) is 16.8 Å². The molecule has 1 heterocycles. The highest BCUT2D eigenvalue weighted by molar-refractivity contribution is 7.80. The third kappa shape index (κ3) is 4.14. The molecule has 0 aliphatic carbocycles. The fourth-order valence-corrected chi connectivity index (χ4v) is 2.70. The molecule has 1 aliphatic heterocycles. The molecule has 0 spiro atoms. The molecule has 1 aromatic carbocycles. The maximum Gasteiger partial charge on any atom is 0.104 e. The van der Waals surface area contributed by atoms with Crippen molar-refractivity contribution in [2.75, 3.05) is 33.2 Å². The molecule has 1 fully saturated rings. The Bertz CT molecular complexity index is 464. The first-order valence-electron chi connectivity index (χ1n) is 6.55. The molecule has 1 aliphatic rings. The van der Waals surface area contributed by atoms with Crippen molar-refractivity contribution in [2.45, 2.75) is 13.0 Å².